The lowest BCUT2D eigenvalue weighted by molar-refractivity contribution is 0.231. The Labute approximate surface area is 92.1 Å². The van der Waals surface area contributed by atoms with Gasteiger partial charge in [-0.15, -0.1) is 0 Å². The Kier molecular flexibility index (Phi) is 2.20. The van der Waals surface area contributed by atoms with E-state index in [9.17, 15) is 5.11 Å². The van der Waals surface area contributed by atoms with E-state index in [0.29, 0.717) is 0 Å². The third-order valence-corrected chi connectivity index (χ3v) is 4.09. The maximum Gasteiger partial charge on any atom is 0.0533 e. The third-order valence-electron chi connectivity index (χ3n) is 4.09. The van der Waals surface area contributed by atoms with Gasteiger partial charge in [0.1, 0.15) is 0 Å². The minimum absolute atomic E-state index is 0.0170. The van der Waals surface area contributed by atoms with Crippen LogP contribution in [0.15, 0.2) is 18.2 Å². The Morgan fingerprint density at radius 1 is 1.27 bits per heavy atom. The van der Waals surface area contributed by atoms with E-state index in [-0.39, 0.29) is 17.4 Å². The van der Waals surface area contributed by atoms with Crippen molar-refractivity contribution in [2.24, 2.45) is 5.41 Å². The van der Waals surface area contributed by atoms with Crippen molar-refractivity contribution < 1.29 is 5.11 Å². The van der Waals surface area contributed by atoms with Crippen LogP contribution in [-0.2, 0) is 5.41 Å². The lowest BCUT2D eigenvalue weighted by atomic mass is 9.85. The molecule has 1 aliphatic carbocycles. The van der Waals surface area contributed by atoms with Gasteiger partial charge < -0.3 is 5.11 Å². The van der Waals surface area contributed by atoms with E-state index in [1.807, 2.05) is 0 Å². The molecule has 1 nitrogen and oxygen atoms in total. The SMILES string of the molecule is Cc1ccc(C)c(C2(CO)CC2(C)C)c1. The van der Waals surface area contributed by atoms with Crippen LogP contribution in [-0.4, -0.2) is 11.7 Å². The van der Waals surface area contributed by atoms with E-state index in [1.165, 1.54) is 16.7 Å². The van der Waals surface area contributed by atoms with Crippen molar-refractivity contribution in [2.75, 3.05) is 6.61 Å². The summed E-state index contributed by atoms with van der Waals surface area (Å²) < 4.78 is 0. The average Bonchev–Trinajstić information content (AvgIpc) is 2.74. The van der Waals surface area contributed by atoms with Crippen LogP contribution in [0.1, 0.15) is 37.0 Å². The zero-order valence-corrected chi connectivity index (χ0v) is 10.1. The Balaban J connectivity index is 2.50. The molecule has 82 valence electrons. The van der Waals surface area contributed by atoms with Gasteiger partial charge in [0.05, 0.1) is 6.61 Å². The van der Waals surface area contributed by atoms with Gasteiger partial charge in [0.25, 0.3) is 0 Å². The predicted molar refractivity (Wildman–Crippen MR) is 63.1 cm³/mol. The smallest absolute Gasteiger partial charge is 0.0533 e. The summed E-state index contributed by atoms with van der Waals surface area (Å²) in [6, 6.07) is 6.54. The number of hydrogen-bond acceptors (Lipinski definition) is 1. The van der Waals surface area contributed by atoms with Crippen LogP contribution in [0.25, 0.3) is 0 Å². The summed E-state index contributed by atoms with van der Waals surface area (Å²) in [7, 11) is 0. The van der Waals surface area contributed by atoms with Crippen molar-refractivity contribution in [1.29, 1.82) is 0 Å². The van der Waals surface area contributed by atoms with Crippen LogP contribution in [0.3, 0.4) is 0 Å². The molecular formula is C14H20O. The predicted octanol–water partition coefficient (Wildman–Crippen LogP) is 2.96. The summed E-state index contributed by atoms with van der Waals surface area (Å²) >= 11 is 0. The molecule has 1 saturated carbocycles. The molecule has 1 aromatic carbocycles. The molecule has 0 radical (unpaired) electrons. The van der Waals surface area contributed by atoms with E-state index in [4.69, 9.17) is 0 Å². The summed E-state index contributed by atoms with van der Waals surface area (Å²) in [5, 5.41) is 9.66. The van der Waals surface area contributed by atoms with E-state index in [0.717, 1.165) is 6.42 Å². The molecule has 1 aliphatic rings. The maximum absolute atomic E-state index is 9.66. The van der Waals surface area contributed by atoms with Crippen molar-refractivity contribution in [1.82, 2.24) is 0 Å². The average molecular weight is 204 g/mol. The van der Waals surface area contributed by atoms with Crippen molar-refractivity contribution in [3.8, 4) is 0 Å². The second-order valence-electron chi connectivity index (χ2n) is 5.62. The van der Waals surface area contributed by atoms with Crippen LogP contribution >= 0.6 is 0 Å². The van der Waals surface area contributed by atoms with Gasteiger partial charge in [0.2, 0.25) is 0 Å². The van der Waals surface area contributed by atoms with Crippen molar-refractivity contribution >= 4 is 0 Å². The summed E-state index contributed by atoms with van der Waals surface area (Å²) in [5.41, 5.74) is 4.20. The molecule has 2 rings (SSSR count). The molecule has 0 spiro atoms. The molecule has 15 heavy (non-hydrogen) atoms. The van der Waals surface area contributed by atoms with Crippen LogP contribution < -0.4 is 0 Å². The highest BCUT2D eigenvalue weighted by molar-refractivity contribution is 5.44. The second-order valence-corrected chi connectivity index (χ2v) is 5.62. The highest BCUT2D eigenvalue weighted by Crippen LogP contribution is 2.64. The second kappa shape index (κ2) is 3.08. The van der Waals surface area contributed by atoms with E-state index >= 15 is 0 Å². The van der Waals surface area contributed by atoms with Crippen LogP contribution in [0.2, 0.25) is 0 Å². The molecule has 1 aromatic rings. The number of aliphatic hydroxyl groups excluding tert-OH is 1. The standard InChI is InChI=1S/C14H20O/c1-10-5-6-11(2)12(7-10)14(9-15)8-13(14,3)4/h5-7,15H,8-9H2,1-4H3. The van der Waals surface area contributed by atoms with Crippen molar-refractivity contribution in [3.63, 3.8) is 0 Å². The number of benzene rings is 1. The molecule has 0 aromatic heterocycles. The summed E-state index contributed by atoms with van der Waals surface area (Å²) in [5.74, 6) is 0. The molecule has 0 aliphatic heterocycles. The zero-order valence-electron chi connectivity index (χ0n) is 10.1. The Morgan fingerprint density at radius 3 is 2.33 bits per heavy atom. The number of rotatable bonds is 2. The van der Waals surface area contributed by atoms with Gasteiger partial charge in [0, 0.05) is 5.41 Å². The summed E-state index contributed by atoms with van der Waals surface area (Å²) in [6.07, 6.45) is 1.10. The number of aryl methyl sites for hydroxylation is 2. The normalized spacial score (nSPS) is 27.8. The monoisotopic (exact) mass is 204 g/mol. The molecule has 1 unspecified atom stereocenters. The lowest BCUT2D eigenvalue weighted by Crippen LogP contribution is -2.20. The largest absolute Gasteiger partial charge is 0.395 e. The minimum atomic E-state index is 0.0170. The first-order valence-corrected chi connectivity index (χ1v) is 5.61. The van der Waals surface area contributed by atoms with Gasteiger partial charge in [0.15, 0.2) is 0 Å². The van der Waals surface area contributed by atoms with E-state index < -0.39 is 0 Å². The first-order chi connectivity index (χ1) is 6.93. The third kappa shape index (κ3) is 1.41. The van der Waals surface area contributed by atoms with Gasteiger partial charge in [-0.05, 0) is 36.8 Å². The van der Waals surface area contributed by atoms with E-state index in [2.05, 4.69) is 45.9 Å². The topological polar surface area (TPSA) is 20.2 Å². The molecule has 1 heteroatoms. The maximum atomic E-state index is 9.66. The summed E-state index contributed by atoms with van der Waals surface area (Å²) in [4.78, 5) is 0. The van der Waals surface area contributed by atoms with Gasteiger partial charge in [-0.1, -0.05) is 37.6 Å². The van der Waals surface area contributed by atoms with Crippen LogP contribution in [0.4, 0.5) is 0 Å². The molecule has 1 N–H and O–H groups in total. The summed E-state index contributed by atoms with van der Waals surface area (Å²) in [6.45, 7) is 9.00. The lowest BCUT2D eigenvalue weighted by Gasteiger charge is -2.21. The molecule has 0 heterocycles. The fourth-order valence-electron chi connectivity index (χ4n) is 2.78. The molecular weight excluding hydrogens is 184 g/mol. The highest BCUT2D eigenvalue weighted by atomic mass is 16.3. The first-order valence-electron chi connectivity index (χ1n) is 5.61. The Bertz CT molecular complexity index is 392. The Hall–Kier alpha value is -0.820. The first kappa shape index (κ1) is 10.7. The fraction of sp³-hybridized carbons (Fsp3) is 0.571. The highest BCUT2D eigenvalue weighted by Gasteiger charge is 2.61. The van der Waals surface area contributed by atoms with Crippen LogP contribution in [0.5, 0.6) is 0 Å². The van der Waals surface area contributed by atoms with Gasteiger partial charge in [-0.3, -0.25) is 0 Å². The molecule has 1 fully saturated rings. The quantitative estimate of drug-likeness (QED) is 0.785. The van der Waals surface area contributed by atoms with Gasteiger partial charge in [-0.2, -0.15) is 0 Å². The fourth-order valence-corrected chi connectivity index (χ4v) is 2.78. The number of hydrogen-bond donors (Lipinski definition) is 1. The zero-order chi connectivity index (χ0) is 11.3. The van der Waals surface area contributed by atoms with Crippen molar-refractivity contribution in [2.45, 2.75) is 39.5 Å². The van der Waals surface area contributed by atoms with Gasteiger partial charge in [-0.25, -0.2) is 0 Å². The van der Waals surface area contributed by atoms with Gasteiger partial charge >= 0.3 is 0 Å². The minimum Gasteiger partial charge on any atom is -0.395 e. The molecule has 0 saturated heterocycles. The molecule has 1 atom stereocenters. The van der Waals surface area contributed by atoms with Crippen LogP contribution in [0, 0.1) is 19.3 Å². The molecule has 0 amide bonds. The van der Waals surface area contributed by atoms with E-state index in [1.54, 1.807) is 0 Å². The van der Waals surface area contributed by atoms with Crippen molar-refractivity contribution in [3.05, 3.63) is 34.9 Å². The number of aliphatic hydroxyl groups is 1. The Morgan fingerprint density at radius 2 is 1.87 bits per heavy atom. The molecule has 0 bridgehead atoms.